The number of aromatic amines is 1. The number of nitrogen functional groups attached to an aromatic ring is 1. The fourth-order valence-corrected chi connectivity index (χ4v) is 2.58. The number of H-pyrrole nitrogens is 1. The molecule has 4 nitrogen and oxygen atoms in total. The lowest BCUT2D eigenvalue weighted by atomic mass is 10.2. The largest absolute Gasteiger partial charge is 0.375 e. The number of anilines is 1. The summed E-state index contributed by atoms with van der Waals surface area (Å²) in [4.78, 5) is 4.20. The first-order chi connectivity index (χ1) is 6.74. The van der Waals surface area contributed by atoms with Gasteiger partial charge in [0.2, 0.25) is 0 Å². The zero-order valence-corrected chi connectivity index (χ0v) is 9.32. The molecule has 0 aliphatic carbocycles. The summed E-state index contributed by atoms with van der Waals surface area (Å²) in [6.45, 7) is 0. The van der Waals surface area contributed by atoms with E-state index >= 15 is 0 Å². The second-order valence-corrected chi connectivity index (χ2v) is 4.78. The van der Waals surface area contributed by atoms with Gasteiger partial charge >= 0.3 is 0 Å². The van der Waals surface area contributed by atoms with E-state index < -0.39 is 0 Å². The van der Waals surface area contributed by atoms with Gasteiger partial charge in [0.1, 0.15) is 4.60 Å². The minimum absolute atomic E-state index is 0.591. The van der Waals surface area contributed by atoms with E-state index in [2.05, 4.69) is 31.1 Å². The highest BCUT2D eigenvalue weighted by atomic mass is 79.9. The van der Waals surface area contributed by atoms with E-state index in [4.69, 9.17) is 5.73 Å². The number of nitrogens with one attached hydrogen (secondary N) is 1. The van der Waals surface area contributed by atoms with Crippen LogP contribution in [-0.2, 0) is 0 Å². The monoisotopic (exact) mass is 268 g/mol. The molecule has 3 rings (SSSR count). The lowest BCUT2D eigenvalue weighted by Crippen LogP contribution is -1.79. The highest BCUT2D eigenvalue weighted by Crippen LogP contribution is 2.30. The van der Waals surface area contributed by atoms with Gasteiger partial charge in [-0.1, -0.05) is 11.3 Å². The summed E-state index contributed by atoms with van der Waals surface area (Å²) in [5, 5.41) is 8.64. The van der Waals surface area contributed by atoms with Crippen LogP contribution in [0.4, 0.5) is 5.13 Å². The van der Waals surface area contributed by atoms with Crippen LogP contribution in [0, 0.1) is 0 Å². The zero-order valence-electron chi connectivity index (χ0n) is 6.91. The summed E-state index contributed by atoms with van der Waals surface area (Å²) < 4.78 is 1.97. The molecule has 0 radical (unpaired) electrons. The molecule has 2 heterocycles. The third kappa shape index (κ3) is 1.04. The maximum absolute atomic E-state index is 5.63. The van der Waals surface area contributed by atoms with Crippen LogP contribution in [-0.4, -0.2) is 15.2 Å². The van der Waals surface area contributed by atoms with Crippen LogP contribution in [0.2, 0.25) is 0 Å². The van der Waals surface area contributed by atoms with Gasteiger partial charge in [-0.2, -0.15) is 5.10 Å². The van der Waals surface area contributed by atoms with E-state index in [0.717, 1.165) is 25.7 Å². The number of halogens is 1. The standard InChI is InChI=1S/C8H5BrN4S/c9-7-3-1-6-5(11-8(10)14-6)2-4(3)12-13-7/h1-2H,(H2,10,11)(H,12,13). The Morgan fingerprint density at radius 2 is 2.21 bits per heavy atom. The fourth-order valence-electron chi connectivity index (χ4n) is 1.42. The lowest BCUT2D eigenvalue weighted by Gasteiger charge is -1.88. The van der Waals surface area contributed by atoms with Crippen LogP contribution < -0.4 is 5.73 Å². The highest BCUT2D eigenvalue weighted by molar-refractivity contribution is 9.10. The summed E-state index contributed by atoms with van der Waals surface area (Å²) in [7, 11) is 0. The molecule has 0 fully saturated rings. The average Bonchev–Trinajstić information content (AvgIpc) is 2.66. The average molecular weight is 269 g/mol. The molecule has 70 valence electrons. The summed E-state index contributed by atoms with van der Waals surface area (Å²) >= 11 is 4.88. The number of benzene rings is 1. The van der Waals surface area contributed by atoms with Gasteiger partial charge < -0.3 is 5.73 Å². The molecule has 0 aliphatic heterocycles. The fraction of sp³-hybridized carbons (Fsp3) is 0. The number of fused-ring (bicyclic) bond motifs is 2. The molecule has 2 aromatic heterocycles. The molecule has 0 unspecified atom stereocenters. The summed E-state index contributed by atoms with van der Waals surface area (Å²) in [5.41, 5.74) is 7.43. The Kier molecular flexibility index (Phi) is 1.57. The minimum Gasteiger partial charge on any atom is -0.375 e. The number of hydrogen-bond donors (Lipinski definition) is 2. The first kappa shape index (κ1) is 8.19. The minimum atomic E-state index is 0.591. The Bertz CT molecular complexity index is 626. The third-order valence-corrected chi connectivity index (χ3v) is 3.49. The van der Waals surface area contributed by atoms with Gasteiger partial charge in [0, 0.05) is 5.39 Å². The summed E-state index contributed by atoms with van der Waals surface area (Å²) in [5.74, 6) is 0. The van der Waals surface area contributed by atoms with Crippen LogP contribution in [0.3, 0.4) is 0 Å². The van der Waals surface area contributed by atoms with Crippen molar-refractivity contribution >= 4 is 53.5 Å². The molecule has 0 atom stereocenters. The van der Waals surface area contributed by atoms with E-state index in [0.29, 0.717) is 5.13 Å². The number of rotatable bonds is 0. The van der Waals surface area contributed by atoms with Crippen molar-refractivity contribution in [2.24, 2.45) is 0 Å². The first-order valence-corrected chi connectivity index (χ1v) is 5.54. The smallest absolute Gasteiger partial charge is 0.181 e. The van der Waals surface area contributed by atoms with Gasteiger partial charge in [0.15, 0.2) is 5.13 Å². The second-order valence-electron chi connectivity index (χ2n) is 2.93. The van der Waals surface area contributed by atoms with Gasteiger partial charge in [-0.15, -0.1) is 0 Å². The molecule has 14 heavy (non-hydrogen) atoms. The predicted molar refractivity (Wildman–Crippen MR) is 61.4 cm³/mol. The van der Waals surface area contributed by atoms with Crippen LogP contribution in [0.25, 0.3) is 21.1 Å². The molecular weight excluding hydrogens is 264 g/mol. The number of thiazole rings is 1. The van der Waals surface area contributed by atoms with Crippen molar-refractivity contribution in [2.45, 2.75) is 0 Å². The molecule has 3 N–H and O–H groups in total. The number of hydrogen-bond acceptors (Lipinski definition) is 4. The molecular formula is C8H5BrN4S. The van der Waals surface area contributed by atoms with Gasteiger partial charge in [-0.3, -0.25) is 5.10 Å². The van der Waals surface area contributed by atoms with Crippen molar-refractivity contribution in [3.05, 3.63) is 16.7 Å². The third-order valence-electron chi connectivity index (χ3n) is 2.03. The van der Waals surface area contributed by atoms with Crippen LogP contribution >= 0.6 is 27.3 Å². The summed E-state index contributed by atoms with van der Waals surface area (Å²) in [6, 6.07) is 3.96. The molecule has 0 saturated carbocycles. The Morgan fingerprint density at radius 3 is 3.07 bits per heavy atom. The molecule has 0 spiro atoms. The first-order valence-electron chi connectivity index (χ1n) is 3.94. The van der Waals surface area contributed by atoms with E-state index in [1.54, 1.807) is 0 Å². The van der Waals surface area contributed by atoms with Crippen molar-refractivity contribution in [3.63, 3.8) is 0 Å². The maximum Gasteiger partial charge on any atom is 0.181 e. The number of aromatic nitrogens is 3. The van der Waals surface area contributed by atoms with E-state index in [1.807, 2.05) is 12.1 Å². The van der Waals surface area contributed by atoms with E-state index in [-0.39, 0.29) is 0 Å². The van der Waals surface area contributed by atoms with Gasteiger partial charge in [0.25, 0.3) is 0 Å². The van der Waals surface area contributed by atoms with Crippen molar-refractivity contribution in [2.75, 3.05) is 5.73 Å². The summed E-state index contributed by atoms with van der Waals surface area (Å²) in [6.07, 6.45) is 0. The Morgan fingerprint density at radius 1 is 1.36 bits per heavy atom. The quantitative estimate of drug-likeness (QED) is 0.659. The Hall–Kier alpha value is -1.14. The Balaban J connectivity index is 2.52. The second kappa shape index (κ2) is 2.68. The maximum atomic E-state index is 5.63. The van der Waals surface area contributed by atoms with Gasteiger partial charge in [0.05, 0.1) is 15.7 Å². The van der Waals surface area contributed by atoms with Crippen LogP contribution in [0.5, 0.6) is 0 Å². The molecule has 0 bridgehead atoms. The lowest BCUT2D eigenvalue weighted by molar-refractivity contribution is 1.10. The van der Waals surface area contributed by atoms with Crippen LogP contribution in [0.15, 0.2) is 16.7 Å². The van der Waals surface area contributed by atoms with E-state index in [1.165, 1.54) is 11.3 Å². The zero-order chi connectivity index (χ0) is 9.71. The van der Waals surface area contributed by atoms with Crippen molar-refractivity contribution in [1.82, 2.24) is 15.2 Å². The molecule has 0 saturated heterocycles. The normalized spacial score (nSPS) is 11.5. The van der Waals surface area contributed by atoms with Crippen molar-refractivity contribution in [3.8, 4) is 0 Å². The molecule has 1 aromatic carbocycles. The predicted octanol–water partition coefficient (Wildman–Crippen LogP) is 2.52. The molecule has 6 heteroatoms. The molecule has 3 aromatic rings. The molecule has 0 amide bonds. The topological polar surface area (TPSA) is 67.6 Å². The number of nitrogens with two attached hydrogens (primary N) is 1. The van der Waals surface area contributed by atoms with Crippen molar-refractivity contribution < 1.29 is 0 Å². The highest BCUT2D eigenvalue weighted by Gasteiger charge is 2.07. The van der Waals surface area contributed by atoms with E-state index in [9.17, 15) is 0 Å². The molecule has 0 aliphatic rings. The van der Waals surface area contributed by atoms with Crippen molar-refractivity contribution in [1.29, 1.82) is 0 Å². The van der Waals surface area contributed by atoms with Crippen LogP contribution in [0.1, 0.15) is 0 Å². The van der Waals surface area contributed by atoms with Gasteiger partial charge in [-0.25, -0.2) is 4.98 Å². The SMILES string of the molecule is Nc1nc2cc3n[nH]c(Br)c3cc2s1. The Labute approximate surface area is 91.3 Å². The number of nitrogens with zero attached hydrogens (tertiary/aromatic N) is 2. The van der Waals surface area contributed by atoms with Gasteiger partial charge in [-0.05, 0) is 28.1 Å².